The summed E-state index contributed by atoms with van der Waals surface area (Å²) < 4.78 is 6.87. The summed E-state index contributed by atoms with van der Waals surface area (Å²) in [7, 11) is 0. The number of aromatic nitrogens is 4. The van der Waals surface area contributed by atoms with Gasteiger partial charge in [-0.15, -0.1) is 11.3 Å². The highest BCUT2D eigenvalue weighted by molar-refractivity contribution is 7.18. The van der Waals surface area contributed by atoms with Crippen LogP contribution < -0.4 is 4.90 Å². The van der Waals surface area contributed by atoms with E-state index in [2.05, 4.69) is 38.1 Å². The van der Waals surface area contributed by atoms with Gasteiger partial charge < -0.3 is 14.6 Å². The maximum atomic E-state index is 5.69. The zero-order chi connectivity index (χ0) is 20.1. The van der Waals surface area contributed by atoms with E-state index in [1.54, 1.807) is 11.3 Å². The summed E-state index contributed by atoms with van der Waals surface area (Å²) in [4.78, 5) is 22.7. The van der Waals surface area contributed by atoms with E-state index in [1.807, 2.05) is 18.5 Å². The van der Waals surface area contributed by atoms with E-state index >= 15 is 0 Å². The Morgan fingerprint density at radius 2 is 2.17 bits per heavy atom. The number of rotatable bonds is 4. The molecule has 7 nitrogen and oxygen atoms in total. The highest BCUT2D eigenvalue weighted by Gasteiger charge is 2.26. The van der Waals surface area contributed by atoms with Crippen molar-refractivity contribution >= 4 is 38.4 Å². The van der Waals surface area contributed by atoms with Crippen molar-refractivity contribution in [3.8, 4) is 11.4 Å². The van der Waals surface area contributed by atoms with Gasteiger partial charge in [-0.25, -0.2) is 15.0 Å². The highest BCUT2D eigenvalue weighted by Crippen LogP contribution is 2.37. The molecule has 4 aromatic heterocycles. The average molecular weight is 421 g/mol. The molecule has 2 aliphatic rings. The van der Waals surface area contributed by atoms with Gasteiger partial charge in [-0.2, -0.15) is 0 Å². The highest BCUT2D eigenvalue weighted by atomic mass is 32.1. The van der Waals surface area contributed by atoms with Crippen LogP contribution in [0.25, 0.3) is 32.6 Å². The number of H-pyrrole nitrogens is 1. The van der Waals surface area contributed by atoms with Gasteiger partial charge in [0, 0.05) is 42.0 Å². The van der Waals surface area contributed by atoms with Gasteiger partial charge in [0.15, 0.2) is 11.6 Å². The van der Waals surface area contributed by atoms with Gasteiger partial charge in [0.1, 0.15) is 5.65 Å². The molecule has 6 rings (SSSR count). The molecule has 0 unspecified atom stereocenters. The van der Waals surface area contributed by atoms with Crippen LogP contribution in [-0.4, -0.2) is 63.7 Å². The Labute approximate surface area is 178 Å². The summed E-state index contributed by atoms with van der Waals surface area (Å²) in [5, 5.41) is 3.33. The third-order valence-electron chi connectivity index (χ3n) is 6.15. The second-order valence-electron chi connectivity index (χ2n) is 8.15. The lowest BCUT2D eigenvalue weighted by molar-refractivity contribution is 0.0987. The molecule has 0 saturated carbocycles. The fourth-order valence-corrected chi connectivity index (χ4v) is 5.36. The van der Waals surface area contributed by atoms with E-state index in [1.165, 1.54) is 29.8 Å². The summed E-state index contributed by atoms with van der Waals surface area (Å²) in [6, 6.07) is 4.36. The van der Waals surface area contributed by atoms with Crippen LogP contribution in [0.1, 0.15) is 18.9 Å². The lowest BCUT2D eigenvalue weighted by atomic mass is 10.1. The molecule has 154 valence electrons. The number of likely N-dealkylation sites (tertiary alicyclic amines) is 1. The second kappa shape index (κ2) is 7.30. The van der Waals surface area contributed by atoms with Crippen molar-refractivity contribution in [1.29, 1.82) is 0 Å². The van der Waals surface area contributed by atoms with Crippen molar-refractivity contribution < 1.29 is 4.74 Å². The number of anilines is 1. The minimum atomic E-state index is 0.287. The van der Waals surface area contributed by atoms with E-state index in [9.17, 15) is 0 Å². The predicted molar refractivity (Wildman–Crippen MR) is 120 cm³/mol. The fourth-order valence-electron chi connectivity index (χ4n) is 4.36. The molecular formula is C22H24N6OS. The summed E-state index contributed by atoms with van der Waals surface area (Å²) in [6.07, 6.45) is 5.04. The van der Waals surface area contributed by atoms with Crippen LogP contribution in [0, 0.1) is 0 Å². The Hall–Kier alpha value is -2.55. The zero-order valence-corrected chi connectivity index (χ0v) is 17.8. The van der Waals surface area contributed by atoms with Gasteiger partial charge in [0.05, 0.1) is 29.5 Å². The molecule has 2 aliphatic heterocycles. The molecule has 2 saturated heterocycles. The summed E-state index contributed by atoms with van der Waals surface area (Å²) in [6.45, 7) is 7.83. The van der Waals surface area contributed by atoms with E-state index < -0.39 is 0 Å². The van der Waals surface area contributed by atoms with Crippen LogP contribution in [-0.2, 0) is 11.3 Å². The number of hydrogen-bond acceptors (Lipinski definition) is 7. The first-order valence-corrected chi connectivity index (χ1v) is 11.4. The van der Waals surface area contributed by atoms with Crippen LogP contribution in [0.3, 0.4) is 0 Å². The first-order chi connectivity index (χ1) is 14.8. The summed E-state index contributed by atoms with van der Waals surface area (Å²) in [5.41, 5.74) is 4.28. The first kappa shape index (κ1) is 18.2. The largest absolute Gasteiger partial charge is 0.377 e. The van der Waals surface area contributed by atoms with E-state index in [0.29, 0.717) is 0 Å². The second-order valence-corrected chi connectivity index (χ2v) is 9.03. The van der Waals surface area contributed by atoms with Gasteiger partial charge in [0.2, 0.25) is 0 Å². The van der Waals surface area contributed by atoms with Crippen molar-refractivity contribution in [3.05, 3.63) is 35.5 Å². The Morgan fingerprint density at radius 3 is 3.00 bits per heavy atom. The van der Waals surface area contributed by atoms with Crippen LogP contribution in [0.15, 0.2) is 29.9 Å². The third-order valence-corrected chi connectivity index (χ3v) is 7.17. The van der Waals surface area contributed by atoms with E-state index in [0.717, 1.165) is 60.1 Å². The smallest absolute Gasteiger partial charge is 0.163 e. The molecule has 0 aliphatic carbocycles. The molecule has 1 atom stereocenters. The number of fused-ring (bicyclic) bond motifs is 2. The van der Waals surface area contributed by atoms with Gasteiger partial charge in [0.25, 0.3) is 0 Å². The molecule has 2 fully saturated rings. The molecule has 0 amide bonds. The lowest BCUT2D eigenvalue weighted by Gasteiger charge is -2.34. The van der Waals surface area contributed by atoms with Crippen LogP contribution in [0.2, 0.25) is 0 Å². The molecule has 6 heterocycles. The molecular weight excluding hydrogens is 396 g/mol. The Kier molecular flexibility index (Phi) is 4.44. The standard InChI is InChI=1S/C22H24N6OS/c1-14-12-29-10-9-28(14)22-19-18(15(13-30-19)11-27-7-2-8-27)25-21(26-22)17-4-6-24-20-16(17)3-5-23-20/h3-6,13-14H,2,7-12H2,1H3,(H,23,24)/t14-/m1/s1. The number of aromatic amines is 1. The number of thiophene rings is 1. The van der Waals surface area contributed by atoms with Crippen LogP contribution in [0.5, 0.6) is 0 Å². The molecule has 0 spiro atoms. The number of nitrogens with zero attached hydrogens (tertiary/aromatic N) is 5. The van der Waals surface area contributed by atoms with Crippen LogP contribution in [0.4, 0.5) is 5.82 Å². The molecule has 0 bridgehead atoms. The topological polar surface area (TPSA) is 70.2 Å². The lowest BCUT2D eigenvalue weighted by Crippen LogP contribution is -2.44. The molecule has 1 N–H and O–H groups in total. The Bertz CT molecular complexity index is 1210. The Morgan fingerprint density at radius 1 is 1.23 bits per heavy atom. The molecule has 8 heteroatoms. The van der Waals surface area contributed by atoms with Crippen LogP contribution >= 0.6 is 11.3 Å². The van der Waals surface area contributed by atoms with Crippen molar-refractivity contribution in [2.75, 3.05) is 37.7 Å². The van der Waals surface area contributed by atoms with Crippen molar-refractivity contribution in [3.63, 3.8) is 0 Å². The monoisotopic (exact) mass is 420 g/mol. The molecule has 0 radical (unpaired) electrons. The zero-order valence-electron chi connectivity index (χ0n) is 17.0. The number of hydrogen-bond donors (Lipinski definition) is 1. The summed E-state index contributed by atoms with van der Waals surface area (Å²) in [5.74, 6) is 1.80. The van der Waals surface area contributed by atoms with Crippen molar-refractivity contribution in [2.24, 2.45) is 0 Å². The number of morpholine rings is 1. The fraction of sp³-hybridized carbons (Fsp3) is 0.409. The van der Waals surface area contributed by atoms with E-state index in [-0.39, 0.29) is 6.04 Å². The third kappa shape index (κ3) is 2.98. The first-order valence-electron chi connectivity index (χ1n) is 10.6. The summed E-state index contributed by atoms with van der Waals surface area (Å²) >= 11 is 1.77. The van der Waals surface area contributed by atoms with Crippen molar-refractivity contribution in [1.82, 2.24) is 24.8 Å². The maximum Gasteiger partial charge on any atom is 0.163 e. The maximum absolute atomic E-state index is 5.69. The van der Waals surface area contributed by atoms with E-state index in [4.69, 9.17) is 14.7 Å². The number of ether oxygens (including phenoxy) is 1. The van der Waals surface area contributed by atoms with Crippen molar-refractivity contribution in [2.45, 2.75) is 25.9 Å². The number of nitrogens with one attached hydrogen (secondary N) is 1. The van der Waals surface area contributed by atoms with Gasteiger partial charge in [-0.05, 0) is 43.9 Å². The van der Waals surface area contributed by atoms with Gasteiger partial charge in [-0.1, -0.05) is 0 Å². The average Bonchev–Trinajstić information content (AvgIpc) is 3.37. The quantitative estimate of drug-likeness (QED) is 0.543. The Balaban J connectivity index is 1.55. The normalized spacial score (nSPS) is 20.2. The van der Waals surface area contributed by atoms with Gasteiger partial charge in [-0.3, -0.25) is 4.90 Å². The minimum Gasteiger partial charge on any atom is -0.377 e. The number of pyridine rings is 1. The predicted octanol–water partition coefficient (Wildman–Crippen LogP) is 3.67. The SMILES string of the molecule is C[C@@H]1COCCN1c1nc(-c2ccnc3[nH]ccc23)nc2c(CN3CCC3)csc12. The molecule has 30 heavy (non-hydrogen) atoms. The molecule has 0 aromatic carbocycles. The molecule has 4 aromatic rings. The minimum absolute atomic E-state index is 0.287. The van der Waals surface area contributed by atoms with Gasteiger partial charge >= 0.3 is 0 Å².